The Hall–Kier alpha value is -0.350. The van der Waals surface area contributed by atoms with Gasteiger partial charge >= 0.3 is 5.97 Å². The van der Waals surface area contributed by atoms with Gasteiger partial charge in [0.05, 0.1) is 3.74 Å². The van der Waals surface area contributed by atoms with E-state index in [1.807, 2.05) is 24.3 Å². The molecule has 0 bridgehead atoms. The Balaban J connectivity index is 1.86. The lowest BCUT2D eigenvalue weighted by atomic mass is 10.0. The molecule has 0 saturated carbocycles. The van der Waals surface area contributed by atoms with Crippen LogP contribution < -0.4 is 0 Å². The normalized spacial score (nSPS) is 11.2. The quantitative estimate of drug-likeness (QED) is 0.0981. The fourth-order valence-corrected chi connectivity index (χ4v) is 4.25. The van der Waals surface area contributed by atoms with Gasteiger partial charge in [0.15, 0.2) is 0 Å². The minimum atomic E-state index is -0.0763. The number of alkyl halides is 2. The van der Waals surface area contributed by atoms with Crippen LogP contribution in [-0.4, -0.2) is 5.97 Å². The Morgan fingerprint density at radius 2 is 1.17 bits per heavy atom. The molecule has 0 aliphatic carbocycles. The first-order chi connectivity index (χ1) is 14.6. The van der Waals surface area contributed by atoms with Gasteiger partial charge < -0.3 is 4.74 Å². The minimum absolute atomic E-state index is 0.0763. The summed E-state index contributed by atoms with van der Waals surface area (Å²) in [4.78, 5) is 11.9. The number of esters is 1. The molecule has 1 aromatic rings. The maximum atomic E-state index is 11.9. The topological polar surface area (TPSA) is 26.3 Å². The van der Waals surface area contributed by atoms with Crippen LogP contribution in [0.1, 0.15) is 125 Å². The van der Waals surface area contributed by atoms with Crippen molar-refractivity contribution in [2.75, 3.05) is 0 Å². The van der Waals surface area contributed by atoms with Crippen LogP contribution >= 0.6 is 31.9 Å². The van der Waals surface area contributed by atoms with E-state index in [4.69, 9.17) is 4.74 Å². The average Bonchev–Trinajstić information content (AvgIpc) is 2.75. The van der Waals surface area contributed by atoms with E-state index in [9.17, 15) is 4.79 Å². The van der Waals surface area contributed by atoms with Gasteiger partial charge in [-0.05, 0) is 17.5 Å². The molecule has 0 unspecified atom stereocenters. The Morgan fingerprint density at radius 3 is 1.60 bits per heavy atom. The van der Waals surface area contributed by atoms with E-state index in [0.29, 0.717) is 13.0 Å². The SMILES string of the molecule is CCCCCCCCCCCCCCCCCC(=O)OCc1ccc(C(Br)Br)cc1. The molecule has 30 heavy (non-hydrogen) atoms. The first kappa shape index (κ1) is 27.7. The second-order valence-corrected chi connectivity index (χ2v) is 11.5. The standard InChI is InChI=1S/C26H42Br2O2/c1-2-3-4-5-6-7-8-9-10-11-12-13-14-15-16-17-25(29)30-22-23-18-20-24(21-19-23)26(27)28/h18-21,26H,2-17,22H2,1H3. The van der Waals surface area contributed by atoms with Crippen molar-refractivity contribution in [3.63, 3.8) is 0 Å². The van der Waals surface area contributed by atoms with Gasteiger partial charge in [-0.3, -0.25) is 4.79 Å². The Labute approximate surface area is 202 Å². The van der Waals surface area contributed by atoms with E-state index in [1.165, 1.54) is 83.5 Å². The largest absolute Gasteiger partial charge is 0.461 e. The Morgan fingerprint density at radius 1 is 0.733 bits per heavy atom. The van der Waals surface area contributed by atoms with Crippen LogP contribution in [0.4, 0.5) is 0 Å². The van der Waals surface area contributed by atoms with Crippen molar-refractivity contribution in [3.8, 4) is 0 Å². The Kier molecular flexibility index (Phi) is 17.9. The molecule has 2 nitrogen and oxygen atoms in total. The molecular formula is C26H42Br2O2. The fourth-order valence-electron chi connectivity index (χ4n) is 3.64. The maximum absolute atomic E-state index is 11.9. The van der Waals surface area contributed by atoms with Crippen molar-refractivity contribution in [3.05, 3.63) is 35.4 Å². The van der Waals surface area contributed by atoms with E-state index in [-0.39, 0.29) is 9.71 Å². The molecule has 0 amide bonds. The molecular weight excluding hydrogens is 504 g/mol. The van der Waals surface area contributed by atoms with Gasteiger partial charge in [0, 0.05) is 6.42 Å². The number of ether oxygens (including phenoxy) is 1. The Bertz CT molecular complexity index is 528. The third-order valence-electron chi connectivity index (χ3n) is 5.62. The number of rotatable bonds is 19. The summed E-state index contributed by atoms with van der Waals surface area (Å²) < 4.78 is 5.54. The molecule has 0 aliphatic rings. The van der Waals surface area contributed by atoms with Gasteiger partial charge in [-0.1, -0.05) is 153 Å². The predicted octanol–water partition coefficient (Wildman–Crippen LogP) is 9.78. The summed E-state index contributed by atoms with van der Waals surface area (Å²) in [5.74, 6) is -0.0763. The summed E-state index contributed by atoms with van der Waals surface area (Å²) in [5.41, 5.74) is 2.19. The summed E-state index contributed by atoms with van der Waals surface area (Å²) in [5, 5.41) is 0. The van der Waals surface area contributed by atoms with Crippen molar-refractivity contribution in [1.29, 1.82) is 0 Å². The van der Waals surface area contributed by atoms with Gasteiger partial charge in [-0.25, -0.2) is 0 Å². The molecule has 0 atom stereocenters. The smallest absolute Gasteiger partial charge is 0.306 e. The molecule has 0 aromatic heterocycles. The van der Waals surface area contributed by atoms with E-state index < -0.39 is 0 Å². The van der Waals surface area contributed by atoms with Crippen LogP contribution in [0.2, 0.25) is 0 Å². The third-order valence-corrected chi connectivity index (χ3v) is 6.67. The first-order valence-corrected chi connectivity index (χ1v) is 14.0. The zero-order valence-electron chi connectivity index (χ0n) is 19.0. The summed E-state index contributed by atoms with van der Waals surface area (Å²) in [7, 11) is 0. The highest BCUT2D eigenvalue weighted by atomic mass is 79.9. The third kappa shape index (κ3) is 15.5. The van der Waals surface area contributed by atoms with Crippen LogP contribution in [0.25, 0.3) is 0 Å². The molecule has 4 heteroatoms. The molecule has 1 rings (SSSR count). The molecule has 0 aliphatic heterocycles. The highest BCUT2D eigenvalue weighted by Crippen LogP contribution is 2.29. The predicted molar refractivity (Wildman–Crippen MR) is 136 cm³/mol. The second-order valence-electron chi connectivity index (χ2n) is 8.40. The minimum Gasteiger partial charge on any atom is -0.461 e. The van der Waals surface area contributed by atoms with Gasteiger partial charge in [0.2, 0.25) is 0 Å². The van der Waals surface area contributed by atoms with E-state index in [0.717, 1.165) is 24.0 Å². The van der Waals surface area contributed by atoms with E-state index in [2.05, 4.69) is 38.8 Å². The summed E-state index contributed by atoms with van der Waals surface area (Å²) in [6, 6.07) is 8.08. The number of hydrogen-bond acceptors (Lipinski definition) is 2. The molecule has 1 aromatic carbocycles. The fraction of sp³-hybridized carbons (Fsp3) is 0.731. The monoisotopic (exact) mass is 544 g/mol. The van der Waals surface area contributed by atoms with Gasteiger partial charge in [-0.2, -0.15) is 0 Å². The van der Waals surface area contributed by atoms with Crippen LogP contribution in [-0.2, 0) is 16.1 Å². The van der Waals surface area contributed by atoms with E-state index >= 15 is 0 Å². The van der Waals surface area contributed by atoms with Crippen LogP contribution in [0, 0.1) is 0 Å². The van der Waals surface area contributed by atoms with Crippen molar-refractivity contribution in [2.24, 2.45) is 0 Å². The molecule has 0 N–H and O–H groups in total. The first-order valence-electron chi connectivity index (χ1n) is 12.2. The molecule has 0 radical (unpaired) electrons. The van der Waals surface area contributed by atoms with Crippen molar-refractivity contribution in [2.45, 2.75) is 120 Å². The lowest BCUT2D eigenvalue weighted by Gasteiger charge is -2.07. The summed E-state index contributed by atoms with van der Waals surface area (Å²) >= 11 is 6.95. The number of carbonyl (C=O) groups excluding carboxylic acids is 1. The van der Waals surface area contributed by atoms with Crippen LogP contribution in [0.3, 0.4) is 0 Å². The number of halogens is 2. The zero-order chi connectivity index (χ0) is 21.9. The van der Waals surface area contributed by atoms with Crippen molar-refractivity contribution >= 4 is 37.8 Å². The number of benzene rings is 1. The van der Waals surface area contributed by atoms with Gasteiger partial charge in [0.25, 0.3) is 0 Å². The molecule has 0 fully saturated rings. The molecule has 172 valence electrons. The second kappa shape index (κ2) is 19.3. The van der Waals surface area contributed by atoms with Gasteiger partial charge in [-0.15, -0.1) is 0 Å². The van der Waals surface area contributed by atoms with Crippen molar-refractivity contribution < 1.29 is 9.53 Å². The lowest BCUT2D eigenvalue weighted by Crippen LogP contribution is -2.04. The average molecular weight is 546 g/mol. The molecule has 0 saturated heterocycles. The zero-order valence-corrected chi connectivity index (χ0v) is 22.2. The van der Waals surface area contributed by atoms with E-state index in [1.54, 1.807) is 0 Å². The highest BCUT2D eigenvalue weighted by Gasteiger charge is 2.05. The highest BCUT2D eigenvalue weighted by molar-refractivity contribution is 9.24. The number of carbonyl (C=O) groups is 1. The van der Waals surface area contributed by atoms with Crippen LogP contribution in [0.15, 0.2) is 24.3 Å². The lowest BCUT2D eigenvalue weighted by molar-refractivity contribution is -0.145. The van der Waals surface area contributed by atoms with Gasteiger partial charge in [0.1, 0.15) is 6.61 Å². The van der Waals surface area contributed by atoms with Crippen molar-refractivity contribution in [1.82, 2.24) is 0 Å². The number of unbranched alkanes of at least 4 members (excludes halogenated alkanes) is 14. The molecule has 0 spiro atoms. The maximum Gasteiger partial charge on any atom is 0.306 e. The van der Waals surface area contributed by atoms with Crippen LogP contribution in [0.5, 0.6) is 0 Å². The summed E-state index contributed by atoms with van der Waals surface area (Å²) in [6.45, 7) is 2.65. The molecule has 0 heterocycles. The number of hydrogen-bond donors (Lipinski definition) is 0. The summed E-state index contributed by atoms with van der Waals surface area (Å²) in [6.07, 6.45) is 20.6.